The van der Waals surface area contributed by atoms with Crippen LogP contribution in [0.5, 0.6) is 0 Å². The number of aliphatic hydroxyl groups is 1. The van der Waals surface area contributed by atoms with Crippen LogP contribution < -0.4 is 0 Å². The van der Waals surface area contributed by atoms with Gasteiger partial charge in [0.2, 0.25) is 0 Å². The summed E-state index contributed by atoms with van der Waals surface area (Å²) in [6, 6.07) is 11.9. The standard InChI is InChI=1S/C24H42O2Si/c1-7-22(23-16-13-15-21(19-23)20-25)17-14-18-24(8-2,9-3)26-27(10-4,11-5)12-6/h13,15-17,19,25H,7-12,14,18,20H2,1-6H3. The lowest BCUT2D eigenvalue weighted by molar-refractivity contribution is 0.0397. The maximum absolute atomic E-state index is 9.41. The number of hydrogen-bond donors (Lipinski definition) is 1. The van der Waals surface area contributed by atoms with Crippen molar-refractivity contribution in [3.05, 3.63) is 41.5 Å². The molecule has 0 fully saturated rings. The molecule has 0 unspecified atom stereocenters. The van der Waals surface area contributed by atoms with E-state index in [-0.39, 0.29) is 12.2 Å². The van der Waals surface area contributed by atoms with Crippen molar-refractivity contribution in [2.75, 3.05) is 0 Å². The van der Waals surface area contributed by atoms with Crippen LogP contribution in [-0.2, 0) is 11.0 Å². The highest BCUT2D eigenvalue weighted by molar-refractivity contribution is 6.73. The Hall–Kier alpha value is -0.903. The van der Waals surface area contributed by atoms with Gasteiger partial charge >= 0.3 is 0 Å². The first-order chi connectivity index (χ1) is 13.0. The molecule has 0 spiro atoms. The Morgan fingerprint density at radius 2 is 1.67 bits per heavy atom. The van der Waals surface area contributed by atoms with Crippen molar-refractivity contribution in [1.82, 2.24) is 0 Å². The molecule has 0 amide bonds. The maximum Gasteiger partial charge on any atom is 0.192 e. The topological polar surface area (TPSA) is 29.5 Å². The molecule has 0 aliphatic heterocycles. The minimum atomic E-state index is -1.61. The predicted molar refractivity (Wildman–Crippen MR) is 121 cm³/mol. The van der Waals surface area contributed by atoms with Crippen molar-refractivity contribution >= 4 is 13.9 Å². The lowest BCUT2D eigenvalue weighted by atomic mass is 9.90. The molecule has 1 rings (SSSR count). The second kappa shape index (κ2) is 11.8. The zero-order valence-electron chi connectivity index (χ0n) is 18.6. The largest absolute Gasteiger partial charge is 0.411 e. The molecule has 0 radical (unpaired) electrons. The monoisotopic (exact) mass is 390 g/mol. The average molecular weight is 391 g/mol. The van der Waals surface area contributed by atoms with Gasteiger partial charge in [0.25, 0.3) is 0 Å². The van der Waals surface area contributed by atoms with E-state index in [0.29, 0.717) is 0 Å². The van der Waals surface area contributed by atoms with Crippen LogP contribution in [0.2, 0.25) is 18.1 Å². The summed E-state index contributed by atoms with van der Waals surface area (Å²) in [6.07, 6.45) is 7.74. The average Bonchev–Trinajstić information content (AvgIpc) is 2.74. The summed E-state index contributed by atoms with van der Waals surface area (Å²) >= 11 is 0. The van der Waals surface area contributed by atoms with E-state index in [1.807, 2.05) is 12.1 Å². The summed E-state index contributed by atoms with van der Waals surface area (Å²) in [5.41, 5.74) is 3.62. The van der Waals surface area contributed by atoms with Crippen molar-refractivity contribution in [2.45, 2.75) is 104 Å². The van der Waals surface area contributed by atoms with Gasteiger partial charge in [0.05, 0.1) is 12.2 Å². The minimum absolute atomic E-state index is 0.0244. The molecule has 0 aromatic heterocycles. The van der Waals surface area contributed by atoms with Crippen LogP contribution in [0.15, 0.2) is 30.3 Å². The third-order valence-corrected chi connectivity index (χ3v) is 11.2. The fraction of sp³-hybridized carbons (Fsp3) is 0.667. The Bertz CT molecular complexity index is 563. The van der Waals surface area contributed by atoms with E-state index in [1.54, 1.807) is 0 Å². The van der Waals surface area contributed by atoms with Crippen LogP contribution in [0.1, 0.15) is 84.8 Å². The molecule has 1 aromatic carbocycles. The number of benzene rings is 1. The molecule has 0 saturated heterocycles. The maximum atomic E-state index is 9.41. The highest BCUT2D eigenvalue weighted by Crippen LogP contribution is 2.35. The van der Waals surface area contributed by atoms with Crippen LogP contribution in [0.4, 0.5) is 0 Å². The number of allylic oxidation sites excluding steroid dienone is 2. The lowest BCUT2D eigenvalue weighted by Crippen LogP contribution is -2.46. The summed E-state index contributed by atoms with van der Waals surface area (Å²) in [7, 11) is -1.61. The smallest absolute Gasteiger partial charge is 0.192 e. The zero-order chi connectivity index (χ0) is 20.3. The van der Waals surface area contributed by atoms with Crippen molar-refractivity contribution in [3.8, 4) is 0 Å². The first-order valence-corrected chi connectivity index (χ1v) is 13.6. The van der Waals surface area contributed by atoms with Crippen molar-refractivity contribution in [2.24, 2.45) is 0 Å². The lowest BCUT2D eigenvalue weighted by Gasteiger charge is -2.42. The fourth-order valence-corrected chi connectivity index (χ4v) is 7.31. The third kappa shape index (κ3) is 6.58. The molecule has 0 aliphatic carbocycles. The van der Waals surface area contributed by atoms with Crippen LogP contribution in [0.3, 0.4) is 0 Å². The van der Waals surface area contributed by atoms with E-state index in [2.05, 4.69) is 59.8 Å². The Kier molecular flexibility index (Phi) is 10.6. The van der Waals surface area contributed by atoms with Gasteiger partial charge in [-0.15, -0.1) is 0 Å². The zero-order valence-corrected chi connectivity index (χ0v) is 19.6. The summed E-state index contributed by atoms with van der Waals surface area (Å²) in [5, 5.41) is 9.41. The van der Waals surface area contributed by atoms with Crippen molar-refractivity contribution < 1.29 is 9.53 Å². The predicted octanol–water partition coefficient (Wildman–Crippen LogP) is 7.33. The molecule has 1 N–H and O–H groups in total. The SMILES string of the molecule is CCC(=CCCC(CC)(CC)O[Si](CC)(CC)CC)c1cccc(CO)c1. The van der Waals surface area contributed by atoms with E-state index < -0.39 is 8.32 Å². The molecular formula is C24H42O2Si. The Balaban J connectivity index is 2.95. The third-order valence-electron chi connectivity index (χ3n) is 6.51. The number of hydrogen-bond acceptors (Lipinski definition) is 2. The molecule has 0 atom stereocenters. The summed E-state index contributed by atoms with van der Waals surface area (Å²) in [4.78, 5) is 0. The van der Waals surface area contributed by atoms with E-state index in [1.165, 1.54) is 29.3 Å². The molecule has 0 bridgehead atoms. The molecule has 0 saturated carbocycles. The van der Waals surface area contributed by atoms with Gasteiger partial charge in [0, 0.05) is 0 Å². The van der Waals surface area contributed by atoms with E-state index in [9.17, 15) is 5.11 Å². The van der Waals surface area contributed by atoms with Gasteiger partial charge in [-0.3, -0.25) is 0 Å². The van der Waals surface area contributed by atoms with Crippen LogP contribution in [0.25, 0.3) is 5.57 Å². The summed E-state index contributed by atoms with van der Waals surface area (Å²) < 4.78 is 7.01. The Morgan fingerprint density at radius 3 is 2.15 bits per heavy atom. The van der Waals surface area contributed by atoms with Crippen molar-refractivity contribution in [3.63, 3.8) is 0 Å². The van der Waals surface area contributed by atoms with Gasteiger partial charge < -0.3 is 9.53 Å². The van der Waals surface area contributed by atoms with Gasteiger partial charge in [-0.25, -0.2) is 0 Å². The molecule has 2 nitrogen and oxygen atoms in total. The van der Waals surface area contributed by atoms with Gasteiger partial charge in [-0.2, -0.15) is 0 Å². The molecule has 3 heteroatoms. The first kappa shape index (κ1) is 24.1. The fourth-order valence-electron chi connectivity index (χ4n) is 4.07. The summed E-state index contributed by atoms with van der Waals surface area (Å²) in [6.45, 7) is 13.8. The first-order valence-electron chi connectivity index (χ1n) is 11.1. The molecule has 0 heterocycles. The minimum Gasteiger partial charge on any atom is -0.411 e. The number of aliphatic hydroxyl groups excluding tert-OH is 1. The second-order valence-corrected chi connectivity index (χ2v) is 12.4. The molecule has 0 aliphatic rings. The van der Waals surface area contributed by atoms with Crippen molar-refractivity contribution in [1.29, 1.82) is 0 Å². The Labute approximate surface area is 169 Å². The quantitative estimate of drug-likeness (QED) is 0.357. The molecule has 154 valence electrons. The number of rotatable bonds is 13. The van der Waals surface area contributed by atoms with E-state index in [0.717, 1.165) is 37.7 Å². The van der Waals surface area contributed by atoms with Gasteiger partial charge in [-0.05, 0) is 73.0 Å². The molecule has 27 heavy (non-hydrogen) atoms. The van der Waals surface area contributed by atoms with Gasteiger partial charge in [0.15, 0.2) is 8.32 Å². The van der Waals surface area contributed by atoms with E-state index in [4.69, 9.17) is 4.43 Å². The van der Waals surface area contributed by atoms with Crippen LogP contribution in [-0.4, -0.2) is 19.0 Å². The highest BCUT2D eigenvalue weighted by atomic mass is 28.4. The second-order valence-electron chi connectivity index (χ2n) is 7.72. The van der Waals surface area contributed by atoms with Crippen LogP contribution >= 0.6 is 0 Å². The Morgan fingerprint density at radius 1 is 1.04 bits per heavy atom. The highest BCUT2D eigenvalue weighted by Gasteiger charge is 2.38. The van der Waals surface area contributed by atoms with Gasteiger partial charge in [-0.1, -0.05) is 65.8 Å². The molecular weight excluding hydrogens is 348 g/mol. The van der Waals surface area contributed by atoms with Crippen LogP contribution in [0, 0.1) is 0 Å². The molecule has 1 aromatic rings. The summed E-state index contributed by atoms with van der Waals surface area (Å²) in [5.74, 6) is 0. The normalized spacial score (nSPS) is 13.2. The van der Waals surface area contributed by atoms with E-state index >= 15 is 0 Å². The van der Waals surface area contributed by atoms with Gasteiger partial charge in [0.1, 0.15) is 0 Å².